The Morgan fingerprint density at radius 1 is 1.42 bits per heavy atom. The lowest BCUT2D eigenvalue weighted by molar-refractivity contribution is -0.148. The predicted octanol–water partition coefficient (Wildman–Crippen LogP) is 2.53. The van der Waals surface area contributed by atoms with Crippen LogP contribution in [0.5, 0.6) is 0 Å². The highest BCUT2D eigenvalue weighted by atomic mass is 16.4. The maximum atomic E-state index is 10.9. The van der Waals surface area contributed by atoms with Gasteiger partial charge in [-0.05, 0) is 30.6 Å². The molecule has 1 N–H and O–H groups in total. The zero-order valence-electron chi connectivity index (χ0n) is 8.13. The Labute approximate surface area is 74.0 Å². The fraction of sp³-hybridized carbons (Fsp3) is 0.900. The Kier molecular flexibility index (Phi) is 2.45. The summed E-state index contributed by atoms with van der Waals surface area (Å²) >= 11 is 0. The lowest BCUT2D eigenvalue weighted by atomic mass is 9.65. The van der Waals surface area contributed by atoms with Crippen molar-refractivity contribution in [2.45, 2.75) is 40.0 Å². The molecular formula is C10H18O2. The van der Waals surface area contributed by atoms with Gasteiger partial charge in [0, 0.05) is 0 Å². The van der Waals surface area contributed by atoms with Gasteiger partial charge in [-0.1, -0.05) is 20.8 Å². The molecule has 0 aromatic carbocycles. The summed E-state index contributed by atoms with van der Waals surface area (Å²) in [6, 6.07) is 0. The van der Waals surface area contributed by atoms with Crippen molar-refractivity contribution in [3.63, 3.8) is 0 Å². The van der Waals surface area contributed by atoms with Gasteiger partial charge in [0.15, 0.2) is 0 Å². The van der Waals surface area contributed by atoms with Crippen LogP contribution in [0.4, 0.5) is 0 Å². The normalized spacial score (nSPS) is 34.6. The molecule has 2 atom stereocenters. The van der Waals surface area contributed by atoms with Gasteiger partial charge in [0.25, 0.3) is 0 Å². The standard InChI is InChI=1S/C10H18O2/c1-7-4-5-8(9(11)12)10(2,3)6-7/h7-8H,4-6H2,1-3H3,(H,11,12)/t7-,8+/m1/s1. The van der Waals surface area contributed by atoms with Crippen LogP contribution in [0.25, 0.3) is 0 Å². The van der Waals surface area contributed by atoms with Gasteiger partial charge in [-0.2, -0.15) is 0 Å². The maximum Gasteiger partial charge on any atom is 0.307 e. The molecule has 70 valence electrons. The van der Waals surface area contributed by atoms with Crippen molar-refractivity contribution >= 4 is 5.97 Å². The summed E-state index contributed by atoms with van der Waals surface area (Å²) in [6.07, 6.45) is 2.97. The summed E-state index contributed by atoms with van der Waals surface area (Å²) < 4.78 is 0. The molecule has 0 radical (unpaired) electrons. The molecule has 0 aromatic rings. The van der Waals surface area contributed by atoms with Gasteiger partial charge in [-0.25, -0.2) is 0 Å². The van der Waals surface area contributed by atoms with E-state index in [-0.39, 0.29) is 11.3 Å². The smallest absolute Gasteiger partial charge is 0.307 e. The second-order valence-electron chi connectivity index (χ2n) is 4.77. The van der Waals surface area contributed by atoms with Crippen LogP contribution in [-0.4, -0.2) is 11.1 Å². The molecule has 0 aromatic heterocycles. The predicted molar refractivity (Wildman–Crippen MR) is 47.9 cm³/mol. The van der Waals surface area contributed by atoms with Gasteiger partial charge >= 0.3 is 5.97 Å². The zero-order valence-corrected chi connectivity index (χ0v) is 8.13. The minimum absolute atomic E-state index is 0.0104. The molecular weight excluding hydrogens is 152 g/mol. The number of carboxylic acids is 1. The molecule has 0 aliphatic heterocycles. The van der Waals surface area contributed by atoms with Crippen LogP contribution in [0.15, 0.2) is 0 Å². The summed E-state index contributed by atoms with van der Waals surface area (Å²) in [6.45, 7) is 6.35. The minimum Gasteiger partial charge on any atom is -0.481 e. The maximum absolute atomic E-state index is 10.9. The molecule has 1 rings (SSSR count). The molecule has 0 spiro atoms. The molecule has 1 aliphatic rings. The zero-order chi connectivity index (χ0) is 9.35. The molecule has 0 saturated heterocycles. The van der Waals surface area contributed by atoms with E-state index in [0.29, 0.717) is 5.92 Å². The number of aliphatic carboxylic acids is 1. The van der Waals surface area contributed by atoms with Crippen molar-refractivity contribution in [3.05, 3.63) is 0 Å². The highest BCUT2D eigenvalue weighted by Gasteiger charge is 2.39. The van der Waals surface area contributed by atoms with E-state index in [2.05, 4.69) is 20.8 Å². The first-order valence-electron chi connectivity index (χ1n) is 4.66. The first kappa shape index (κ1) is 9.56. The monoisotopic (exact) mass is 170 g/mol. The fourth-order valence-electron chi connectivity index (χ4n) is 2.44. The van der Waals surface area contributed by atoms with Crippen LogP contribution in [0.3, 0.4) is 0 Å². The lowest BCUT2D eigenvalue weighted by Crippen LogP contribution is -2.36. The Bertz CT molecular complexity index is 184. The van der Waals surface area contributed by atoms with Crippen molar-refractivity contribution < 1.29 is 9.90 Å². The highest BCUT2D eigenvalue weighted by Crippen LogP contribution is 2.43. The summed E-state index contributed by atoms with van der Waals surface area (Å²) in [5.41, 5.74) is -0.0104. The minimum atomic E-state index is -0.619. The Morgan fingerprint density at radius 3 is 2.42 bits per heavy atom. The number of carboxylic acid groups (broad SMARTS) is 1. The quantitative estimate of drug-likeness (QED) is 0.656. The van der Waals surface area contributed by atoms with E-state index < -0.39 is 5.97 Å². The fourth-order valence-corrected chi connectivity index (χ4v) is 2.44. The van der Waals surface area contributed by atoms with Crippen LogP contribution in [0.2, 0.25) is 0 Å². The van der Waals surface area contributed by atoms with Crippen molar-refractivity contribution in [3.8, 4) is 0 Å². The Hall–Kier alpha value is -0.530. The van der Waals surface area contributed by atoms with Gasteiger partial charge in [0.05, 0.1) is 5.92 Å². The molecule has 0 unspecified atom stereocenters. The molecule has 0 heterocycles. The van der Waals surface area contributed by atoms with Crippen LogP contribution < -0.4 is 0 Å². The Balaban J connectivity index is 2.70. The summed E-state index contributed by atoms with van der Waals surface area (Å²) in [5.74, 6) is -0.0591. The van der Waals surface area contributed by atoms with Gasteiger partial charge in [-0.3, -0.25) is 4.79 Å². The second-order valence-corrected chi connectivity index (χ2v) is 4.77. The largest absolute Gasteiger partial charge is 0.481 e. The van der Waals surface area contributed by atoms with E-state index in [4.69, 9.17) is 5.11 Å². The van der Waals surface area contributed by atoms with E-state index in [1.807, 2.05) is 0 Å². The van der Waals surface area contributed by atoms with E-state index >= 15 is 0 Å². The Morgan fingerprint density at radius 2 is 2.00 bits per heavy atom. The first-order valence-corrected chi connectivity index (χ1v) is 4.66. The number of carbonyl (C=O) groups is 1. The molecule has 0 amide bonds. The molecule has 0 bridgehead atoms. The van der Waals surface area contributed by atoms with Gasteiger partial charge in [0.1, 0.15) is 0 Å². The average molecular weight is 170 g/mol. The lowest BCUT2D eigenvalue weighted by Gasteiger charge is -2.38. The van der Waals surface area contributed by atoms with Crippen molar-refractivity contribution in [2.24, 2.45) is 17.3 Å². The van der Waals surface area contributed by atoms with Crippen molar-refractivity contribution in [1.29, 1.82) is 0 Å². The highest BCUT2D eigenvalue weighted by molar-refractivity contribution is 5.71. The molecule has 12 heavy (non-hydrogen) atoms. The molecule has 1 aliphatic carbocycles. The summed E-state index contributed by atoms with van der Waals surface area (Å²) in [4.78, 5) is 10.9. The average Bonchev–Trinajstić information content (AvgIpc) is 1.82. The van der Waals surface area contributed by atoms with E-state index in [1.54, 1.807) is 0 Å². The van der Waals surface area contributed by atoms with Crippen LogP contribution in [0, 0.1) is 17.3 Å². The van der Waals surface area contributed by atoms with Crippen LogP contribution in [-0.2, 0) is 4.79 Å². The van der Waals surface area contributed by atoms with Crippen molar-refractivity contribution in [1.82, 2.24) is 0 Å². The molecule has 2 heteroatoms. The first-order chi connectivity index (χ1) is 5.43. The summed E-state index contributed by atoms with van der Waals surface area (Å²) in [7, 11) is 0. The third-order valence-electron chi connectivity index (χ3n) is 3.06. The number of hydrogen-bond donors (Lipinski definition) is 1. The van der Waals surface area contributed by atoms with Crippen molar-refractivity contribution in [2.75, 3.05) is 0 Å². The number of rotatable bonds is 1. The van der Waals surface area contributed by atoms with E-state index in [9.17, 15) is 4.79 Å². The van der Waals surface area contributed by atoms with Crippen LogP contribution in [0.1, 0.15) is 40.0 Å². The third-order valence-corrected chi connectivity index (χ3v) is 3.06. The van der Waals surface area contributed by atoms with E-state index in [0.717, 1.165) is 19.3 Å². The molecule has 2 nitrogen and oxygen atoms in total. The van der Waals surface area contributed by atoms with Crippen LogP contribution >= 0.6 is 0 Å². The SMILES string of the molecule is C[C@@H]1CC[C@@H](C(=O)O)C(C)(C)C1. The third kappa shape index (κ3) is 1.79. The topological polar surface area (TPSA) is 37.3 Å². The second kappa shape index (κ2) is 3.08. The number of hydrogen-bond acceptors (Lipinski definition) is 1. The van der Waals surface area contributed by atoms with Gasteiger partial charge in [-0.15, -0.1) is 0 Å². The summed E-state index contributed by atoms with van der Waals surface area (Å²) in [5, 5.41) is 8.96. The molecule has 1 saturated carbocycles. The van der Waals surface area contributed by atoms with E-state index in [1.165, 1.54) is 0 Å². The van der Waals surface area contributed by atoms with Gasteiger partial charge < -0.3 is 5.11 Å². The molecule has 1 fully saturated rings. The van der Waals surface area contributed by atoms with Gasteiger partial charge in [0.2, 0.25) is 0 Å².